The summed E-state index contributed by atoms with van der Waals surface area (Å²) in [6.45, 7) is 5.07. The number of H-pyrrole nitrogens is 1. The highest BCUT2D eigenvalue weighted by molar-refractivity contribution is 5.82. The molecular weight excluding hydrogens is 212 g/mol. The van der Waals surface area contributed by atoms with Crippen LogP contribution in [0.15, 0.2) is 30.5 Å². The molecule has 3 N–H and O–H groups in total. The lowest BCUT2D eigenvalue weighted by Gasteiger charge is -2.27. The number of hydrogen-bond donors (Lipinski definition) is 3. The molecule has 0 radical (unpaired) electrons. The van der Waals surface area contributed by atoms with Crippen LogP contribution in [0, 0.1) is 0 Å². The summed E-state index contributed by atoms with van der Waals surface area (Å²) >= 11 is 0. The number of rotatable bonds is 5. The van der Waals surface area contributed by atoms with Gasteiger partial charge in [0.05, 0.1) is 6.61 Å². The molecule has 3 heteroatoms. The van der Waals surface area contributed by atoms with Gasteiger partial charge in [-0.15, -0.1) is 0 Å². The second-order valence-corrected chi connectivity index (χ2v) is 4.78. The van der Waals surface area contributed by atoms with Crippen molar-refractivity contribution in [2.45, 2.75) is 32.4 Å². The standard InChI is InChI=1S/C14H20N2O/c1-3-14(2,10-17)16-9-11-5-4-6-13-12(11)7-8-15-13/h4-8,15-17H,3,9-10H2,1-2H3. The largest absolute Gasteiger partial charge is 0.394 e. The van der Waals surface area contributed by atoms with Crippen LogP contribution in [0.1, 0.15) is 25.8 Å². The molecule has 2 aromatic rings. The summed E-state index contributed by atoms with van der Waals surface area (Å²) in [7, 11) is 0. The molecule has 1 atom stereocenters. The van der Waals surface area contributed by atoms with Gasteiger partial charge in [0.2, 0.25) is 0 Å². The first kappa shape index (κ1) is 12.1. The Kier molecular flexibility index (Phi) is 3.50. The van der Waals surface area contributed by atoms with Crippen molar-refractivity contribution in [1.82, 2.24) is 10.3 Å². The highest BCUT2D eigenvalue weighted by atomic mass is 16.3. The zero-order chi connectivity index (χ0) is 12.3. The van der Waals surface area contributed by atoms with Gasteiger partial charge in [-0.3, -0.25) is 0 Å². The Bertz CT molecular complexity index is 486. The lowest BCUT2D eigenvalue weighted by Crippen LogP contribution is -2.44. The maximum atomic E-state index is 9.37. The van der Waals surface area contributed by atoms with Crippen LogP contribution in [0.4, 0.5) is 0 Å². The number of nitrogens with one attached hydrogen (secondary N) is 2. The zero-order valence-corrected chi connectivity index (χ0v) is 10.5. The van der Waals surface area contributed by atoms with E-state index < -0.39 is 0 Å². The van der Waals surface area contributed by atoms with E-state index in [1.54, 1.807) is 0 Å². The number of aromatic amines is 1. The van der Waals surface area contributed by atoms with Gasteiger partial charge in [0.15, 0.2) is 0 Å². The third-order valence-corrected chi connectivity index (χ3v) is 3.52. The lowest BCUT2D eigenvalue weighted by atomic mass is 9.99. The number of aromatic nitrogens is 1. The van der Waals surface area contributed by atoms with Gasteiger partial charge in [-0.1, -0.05) is 19.1 Å². The molecule has 0 fully saturated rings. The van der Waals surface area contributed by atoms with Crippen LogP contribution in [-0.2, 0) is 6.54 Å². The third-order valence-electron chi connectivity index (χ3n) is 3.52. The summed E-state index contributed by atoms with van der Waals surface area (Å²) in [5, 5.41) is 14.0. The fourth-order valence-electron chi connectivity index (χ4n) is 1.91. The molecule has 1 aromatic carbocycles. The molecule has 0 aliphatic carbocycles. The van der Waals surface area contributed by atoms with Crippen LogP contribution in [0.3, 0.4) is 0 Å². The SMILES string of the molecule is CCC(C)(CO)NCc1cccc2[nH]ccc12. The van der Waals surface area contributed by atoms with E-state index in [1.807, 2.05) is 13.1 Å². The second-order valence-electron chi connectivity index (χ2n) is 4.78. The van der Waals surface area contributed by atoms with E-state index in [9.17, 15) is 5.11 Å². The lowest BCUT2D eigenvalue weighted by molar-refractivity contribution is 0.169. The molecule has 1 heterocycles. The number of aliphatic hydroxyl groups is 1. The molecule has 0 bridgehead atoms. The predicted molar refractivity (Wildman–Crippen MR) is 70.9 cm³/mol. The average Bonchev–Trinajstić information content (AvgIpc) is 2.84. The molecule has 1 unspecified atom stereocenters. The summed E-state index contributed by atoms with van der Waals surface area (Å²) in [5.41, 5.74) is 2.22. The first-order valence-electron chi connectivity index (χ1n) is 6.09. The van der Waals surface area contributed by atoms with Crippen LogP contribution in [0.5, 0.6) is 0 Å². The van der Waals surface area contributed by atoms with Crippen LogP contribution in [0.25, 0.3) is 10.9 Å². The highest BCUT2D eigenvalue weighted by Gasteiger charge is 2.19. The minimum Gasteiger partial charge on any atom is -0.394 e. The van der Waals surface area contributed by atoms with E-state index in [0.29, 0.717) is 0 Å². The van der Waals surface area contributed by atoms with Crippen LogP contribution >= 0.6 is 0 Å². The van der Waals surface area contributed by atoms with E-state index in [-0.39, 0.29) is 12.1 Å². The summed E-state index contributed by atoms with van der Waals surface area (Å²) in [5.74, 6) is 0. The number of aliphatic hydroxyl groups excluding tert-OH is 1. The van der Waals surface area contributed by atoms with E-state index in [4.69, 9.17) is 0 Å². The Balaban J connectivity index is 2.16. The average molecular weight is 232 g/mol. The van der Waals surface area contributed by atoms with Gasteiger partial charge in [0, 0.05) is 29.2 Å². The van der Waals surface area contributed by atoms with Crippen molar-refractivity contribution >= 4 is 10.9 Å². The van der Waals surface area contributed by atoms with Gasteiger partial charge in [0.25, 0.3) is 0 Å². The number of hydrogen-bond acceptors (Lipinski definition) is 2. The smallest absolute Gasteiger partial charge is 0.0610 e. The van der Waals surface area contributed by atoms with Crippen molar-refractivity contribution in [1.29, 1.82) is 0 Å². The Morgan fingerprint density at radius 3 is 2.88 bits per heavy atom. The highest BCUT2D eigenvalue weighted by Crippen LogP contribution is 2.18. The third kappa shape index (κ3) is 2.51. The fourth-order valence-corrected chi connectivity index (χ4v) is 1.91. The minimum atomic E-state index is -0.196. The second kappa shape index (κ2) is 4.90. The molecule has 0 amide bonds. The first-order valence-corrected chi connectivity index (χ1v) is 6.09. The van der Waals surface area contributed by atoms with Gasteiger partial charge < -0.3 is 15.4 Å². The van der Waals surface area contributed by atoms with E-state index in [2.05, 4.69) is 41.5 Å². The molecule has 0 aliphatic rings. The minimum absolute atomic E-state index is 0.159. The zero-order valence-electron chi connectivity index (χ0n) is 10.5. The van der Waals surface area contributed by atoms with Crippen molar-refractivity contribution in [2.75, 3.05) is 6.61 Å². The van der Waals surface area contributed by atoms with Crippen molar-refractivity contribution < 1.29 is 5.11 Å². The quantitative estimate of drug-likeness (QED) is 0.741. The van der Waals surface area contributed by atoms with E-state index in [1.165, 1.54) is 10.9 Å². The van der Waals surface area contributed by atoms with Gasteiger partial charge in [-0.25, -0.2) is 0 Å². The molecule has 92 valence electrons. The first-order chi connectivity index (χ1) is 8.18. The normalized spacial score (nSPS) is 15.0. The summed E-state index contributed by atoms with van der Waals surface area (Å²) in [6.07, 6.45) is 2.87. The molecule has 0 spiro atoms. The summed E-state index contributed by atoms with van der Waals surface area (Å²) < 4.78 is 0. The Morgan fingerprint density at radius 1 is 1.35 bits per heavy atom. The van der Waals surface area contributed by atoms with Gasteiger partial charge in [-0.05, 0) is 31.0 Å². The van der Waals surface area contributed by atoms with Gasteiger partial charge >= 0.3 is 0 Å². The van der Waals surface area contributed by atoms with Crippen molar-refractivity contribution in [3.63, 3.8) is 0 Å². The molecule has 0 saturated carbocycles. The maximum Gasteiger partial charge on any atom is 0.0610 e. The molecule has 3 nitrogen and oxygen atoms in total. The van der Waals surface area contributed by atoms with E-state index >= 15 is 0 Å². The Hall–Kier alpha value is -1.32. The van der Waals surface area contributed by atoms with Crippen LogP contribution < -0.4 is 5.32 Å². The molecule has 2 rings (SSSR count). The Morgan fingerprint density at radius 2 is 2.18 bits per heavy atom. The van der Waals surface area contributed by atoms with Crippen molar-refractivity contribution in [3.05, 3.63) is 36.0 Å². The van der Waals surface area contributed by atoms with E-state index in [0.717, 1.165) is 18.5 Å². The molecule has 0 aliphatic heterocycles. The van der Waals surface area contributed by atoms with Gasteiger partial charge in [0.1, 0.15) is 0 Å². The molecule has 17 heavy (non-hydrogen) atoms. The van der Waals surface area contributed by atoms with Crippen molar-refractivity contribution in [2.24, 2.45) is 0 Å². The van der Waals surface area contributed by atoms with Gasteiger partial charge in [-0.2, -0.15) is 0 Å². The molecule has 1 aromatic heterocycles. The summed E-state index contributed by atoms with van der Waals surface area (Å²) in [6, 6.07) is 8.34. The van der Waals surface area contributed by atoms with Crippen molar-refractivity contribution in [3.8, 4) is 0 Å². The monoisotopic (exact) mass is 232 g/mol. The molecular formula is C14H20N2O. The number of fused-ring (bicyclic) bond motifs is 1. The molecule has 0 saturated heterocycles. The topological polar surface area (TPSA) is 48.0 Å². The summed E-state index contributed by atoms with van der Waals surface area (Å²) in [4.78, 5) is 3.21. The van der Waals surface area contributed by atoms with Crippen LogP contribution in [-0.4, -0.2) is 22.2 Å². The fraction of sp³-hybridized carbons (Fsp3) is 0.429. The van der Waals surface area contributed by atoms with Crippen LogP contribution in [0.2, 0.25) is 0 Å². The maximum absolute atomic E-state index is 9.37. The Labute approximate surface area is 102 Å². The number of benzene rings is 1. The predicted octanol–water partition coefficient (Wildman–Crippen LogP) is 2.42.